The summed E-state index contributed by atoms with van der Waals surface area (Å²) >= 11 is 1.69. The van der Waals surface area contributed by atoms with Crippen LogP contribution in [-0.4, -0.2) is 12.0 Å². The first-order chi connectivity index (χ1) is 7.81. The standard InChI is InChI=1S/C14H18OS/c1-16-13-9-5-8-12(10-13)14(15)11-6-3-2-4-7-11/h5,8-11H,2-4,6-7H2,1H3. The number of carbonyl (C=O) groups is 1. The average Bonchev–Trinajstić information content (AvgIpc) is 2.39. The maximum atomic E-state index is 12.3. The van der Waals surface area contributed by atoms with Gasteiger partial charge in [-0.25, -0.2) is 0 Å². The molecule has 1 aromatic rings. The van der Waals surface area contributed by atoms with E-state index in [0.29, 0.717) is 5.78 Å². The Morgan fingerprint density at radius 2 is 2.00 bits per heavy atom. The molecule has 0 bridgehead atoms. The fourth-order valence-electron chi connectivity index (χ4n) is 2.38. The molecule has 0 unspecified atom stereocenters. The average molecular weight is 234 g/mol. The Morgan fingerprint density at radius 1 is 1.25 bits per heavy atom. The van der Waals surface area contributed by atoms with Crippen LogP contribution in [0.1, 0.15) is 42.5 Å². The second kappa shape index (κ2) is 5.53. The van der Waals surface area contributed by atoms with Crippen molar-refractivity contribution in [2.24, 2.45) is 5.92 Å². The third kappa shape index (κ3) is 2.67. The van der Waals surface area contributed by atoms with Crippen LogP contribution in [0.5, 0.6) is 0 Å². The highest BCUT2D eigenvalue weighted by Crippen LogP contribution is 2.27. The van der Waals surface area contributed by atoms with Crippen LogP contribution in [-0.2, 0) is 0 Å². The summed E-state index contributed by atoms with van der Waals surface area (Å²) < 4.78 is 0. The minimum Gasteiger partial charge on any atom is -0.294 e. The van der Waals surface area contributed by atoms with E-state index in [1.54, 1.807) is 11.8 Å². The van der Waals surface area contributed by atoms with Crippen LogP contribution in [0.3, 0.4) is 0 Å². The Labute approximate surface area is 102 Å². The van der Waals surface area contributed by atoms with Crippen LogP contribution >= 0.6 is 11.8 Å². The summed E-state index contributed by atoms with van der Waals surface area (Å²) in [6, 6.07) is 8.03. The summed E-state index contributed by atoms with van der Waals surface area (Å²) in [7, 11) is 0. The van der Waals surface area contributed by atoms with E-state index in [0.717, 1.165) is 18.4 Å². The Bertz CT molecular complexity index is 367. The second-order valence-corrected chi connectivity index (χ2v) is 5.31. The van der Waals surface area contributed by atoms with Gasteiger partial charge in [0.05, 0.1) is 0 Å². The van der Waals surface area contributed by atoms with Gasteiger partial charge in [0.2, 0.25) is 0 Å². The molecule has 1 aliphatic rings. The van der Waals surface area contributed by atoms with Crippen molar-refractivity contribution in [1.82, 2.24) is 0 Å². The van der Waals surface area contributed by atoms with Gasteiger partial charge in [-0.2, -0.15) is 0 Å². The van der Waals surface area contributed by atoms with Crippen molar-refractivity contribution < 1.29 is 4.79 Å². The number of Topliss-reactive ketones (excluding diaryl/α,β-unsaturated/α-hetero) is 1. The molecule has 0 aliphatic heterocycles. The molecule has 2 heteroatoms. The highest BCUT2D eigenvalue weighted by Gasteiger charge is 2.22. The molecular formula is C14H18OS. The molecule has 2 rings (SSSR count). The number of thioether (sulfide) groups is 1. The largest absolute Gasteiger partial charge is 0.294 e. The first-order valence-electron chi connectivity index (χ1n) is 5.99. The summed E-state index contributed by atoms with van der Waals surface area (Å²) in [5.41, 5.74) is 0.902. The van der Waals surface area contributed by atoms with Gasteiger partial charge < -0.3 is 0 Å². The zero-order valence-electron chi connectivity index (χ0n) is 9.74. The first kappa shape index (κ1) is 11.7. The van der Waals surface area contributed by atoms with Crippen LogP contribution in [0.25, 0.3) is 0 Å². The number of rotatable bonds is 3. The van der Waals surface area contributed by atoms with E-state index in [4.69, 9.17) is 0 Å². The quantitative estimate of drug-likeness (QED) is 0.576. The van der Waals surface area contributed by atoms with Crippen molar-refractivity contribution in [3.63, 3.8) is 0 Å². The molecule has 1 aromatic carbocycles. The van der Waals surface area contributed by atoms with Crippen LogP contribution < -0.4 is 0 Å². The molecule has 0 saturated heterocycles. The normalized spacial score (nSPS) is 17.3. The maximum Gasteiger partial charge on any atom is 0.165 e. The fraction of sp³-hybridized carbons (Fsp3) is 0.500. The monoisotopic (exact) mass is 234 g/mol. The van der Waals surface area contributed by atoms with Gasteiger partial charge in [0.1, 0.15) is 0 Å². The molecule has 0 heterocycles. The molecule has 1 aliphatic carbocycles. The molecule has 0 N–H and O–H groups in total. The molecular weight excluding hydrogens is 216 g/mol. The van der Waals surface area contributed by atoms with Crippen LogP contribution in [0.4, 0.5) is 0 Å². The smallest absolute Gasteiger partial charge is 0.165 e. The van der Waals surface area contributed by atoms with Crippen molar-refractivity contribution in [1.29, 1.82) is 0 Å². The van der Waals surface area contributed by atoms with Crippen LogP contribution in [0.2, 0.25) is 0 Å². The third-order valence-corrected chi connectivity index (χ3v) is 4.06. The molecule has 0 atom stereocenters. The molecule has 86 valence electrons. The number of ketones is 1. The van der Waals surface area contributed by atoms with E-state index in [1.165, 1.54) is 24.2 Å². The molecule has 1 saturated carbocycles. The lowest BCUT2D eigenvalue weighted by atomic mass is 9.84. The summed E-state index contributed by atoms with van der Waals surface area (Å²) in [5, 5.41) is 0. The first-order valence-corrected chi connectivity index (χ1v) is 7.22. The zero-order valence-corrected chi connectivity index (χ0v) is 10.6. The summed E-state index contributed by atoms with van der Waals surface area (Å²) in [6.45, 7) is 0. The van der Waals surface area contributed by atoms with E-state index < -0.39 is 0 Å². The zero-order chi connectivity index (χ0) is 11.4. The van der Waals surface area contributed by atoms with Gasteiger partial charge in [-0.1, -0.05) is 31.4 Å². The number of hydrogen-bond donors (Lipinski definition) is 0. The predicted molar refractivity (Wildman–Crippen MR) is 69.1 cm³/mol. The van der Waals surface area contributed by atoms with E-state index in [-0.39, 0.29) is 5.92 Å². The van der Waals surface area contributed by atoms with Gasteiger partial charge in [0.15, 0.2) is 5.78 Å². The van der Waals surface area contributed by atoms with Gasteiger partial charge in [0, 0.05) is 16.4 Å². The molecule has 16 heavy (non-hydrogen) atoms. The maximum absolute atomic E-state index is 12.3. The van der Waals surface area contributed by atoms with Crippen LogP contribution in [0, 0.1) is 5.92 Å². The minimum absolute atomic E-state index is 0.283. The van der Waals surface area contributed by atoms with Crippen molar-refractivity contribution in [2.45, 2.75) is 37.0 Å². The van der Waals surface area contributed by atoms with Crippen molar-refractivity contribution in [3.8, 4) is 0 Å². The van der Waals surface area contributed by atoms with Crippen molar-refractivity contribution in [3.05, 3.63) is 29.8 Å². The third-order valence-electron chi connectivity index (χ3n) is 3.33. The number of benzene rings is 1. The van der Waals surface area contributed by atoms with Gasteiger partial charge in [-0.15, -0.1) is 11.8 Å². The van der Waals surface area contributed by atoms with E-state index in [9.17, 15) is 4.79 Å². The summed E-state index contributed by atoms with van der Waals surface area (Å²) in [4.78, 5) is 13.4. The van der Waals surface area contributed by atoms with E-state index >= 15 is 0 Å². The number of hydrogen-bond acceptors (Lipinski definition) is 2. The molecule has 1 nitrogen and oxygen atoms in total. The lowest BCUT2D eigenvalue weighted by molar-refractivity contribution is 0.0889. The Kier molecular flexibility index (Phi) is 4.05. The molecule has 0 aromatic heterocycles. The minimum atomic E-state index is 0.283. The molecule has 1 fully saturated rings. The van der Waals surface area contributed by atoms with Gasteiger partial charge >= 0.3 is 0 Å². The topological polar surface area (TPSA) is 17.1 Å². The SMILES string of the molecule is CSc1cccc(C(=O)C2CCCCC2)c1. The van der Waals surface area contributed by atoms with Crippen molar-refractivity contribution in [2.75, 3.05) is 6.26 Å². The lowest BCUT2D eigenvalue weighted by Crippen LogP contribution is -2.17. The van der Waals surface area contributed by atoms with Gasteiger partial charge in [0.25, 0.3) is 0 Å². The summed E-state index contributed by atoms with van der Waals surface area (Å²) in [5.74, 6) is 0.640. The van der Waals surface area contributed by atoms with Crippen LogP contribution in [0.15, 0.2) is 29.2 Å². The Morgan fingerprint density at radius 3 is 2.69 bits per heavy atom. The Balaban J connectivity index is 2.12. The molecule has 0 amide bonds. The molecule has 0 radical (unpaired) electrons. The highest BCUT2D eigenvalue weighted by molar-refractivity contribution is 7.98. The van der Waals surface area contributed by atoms with E-state index in [1.807, 2.05) is 24.5 Å². The molecule has 0 spiro atoms. The fourth-order valence-corrected chi connectivity index (χ4v) is 2.84. The van der Waals surface area contributed by atoms with Crippen molar-refractivity contribution >= 4 is 17.5 Å². The number of carbonyl (C=O) groups excluding carboxylic acids is 1. The van der Waals surface area contributed by atoms with E-state index in [2.05, 4.69) is 6.07 Å². The van der Waals surface area contributed by atoms with Gasteiger partial charge in [-0.3, -0.25) is 4.79 Å². The second-order valence-electron chi connectivity index (χ2n) is 4.43. The predicted octanol–water partition coefficient (Wildman–Crippen LogP) is 4.17. The summed E-state index contributed by atoms with van der Waals surface area (Å²) in [6.07, 6.45) is 7.96. The lowest BCUT2D eigenvalue weighted by Gasteiger charge is -2.20. The Hall–Kier alpha value is -0.760. The highest BCUT2D eigenvalue weighted by atomic mass is 32.2. The van der Waals surface area contributed by atoms with Gasteiger partial charge in [-0.05, 0) is 31.2 Å².